The molecule has 0 fully saturated rings. The van der Waals surface area contributed by atoms with Gasteiger partial charge in [-0.15, -0.1) is 23.5 Å². The van der Waals surface area contributed by atoms with Crippen molar-refractivity contribution in [2.45, 2.75) is 65.2 Å². The molecule has 0 aliphatic carbocycles. The lowest BCUT2D eigenvalue weighted by Crippen LogP contribution is -1.83. The molecule has 0 N–H and O–H groups in total. The normalized spacial score (nSPS) is 16.9. The van der Waals surface area contributed by atoms with Crippen molar-refractivity contribution < 1.29 is 0 Å². The van der Waals surface area contributed by atoms with Crippen molar-refractivity contribution in [3.63, 3.8) is 0 Å². The second-order valence-electron chi connectivity index (χ2n) is 6.26. The molecular formula is C20H26N2S6. The van der Waals surface area contributed by atoms with E-state index in [1.165, 1.54) is 99.1 Å². The monoisotopic (exact) mass is 486 g/mol. The van der Waals surface area contributed by atoms with Gasteiger partial charge in [0.25, 0.3) is 0 Å². The Kier molecular flexibility index (Phi) is 12.6. The number of hydrogen-bond donors (Lipinski definition) is 0. The lowest BCUT2D eigenvalue weighted by atomic mass is 10.2. The molecule has 2 aliphatic rings. The molecule has 0 spiro atoms. The topological polar surface area (TPSA) is 47.6 Å². The molecule has 0 aromatic carbocycles. The molecule has 0 aromatic rings. The first-order chi connectivity index (χ1) is 13.7. The van der Waals surface area contributed by atoms with Crippen LogP contribution in [0.25, 0.3) is 0 Å². The number of hydrogen-bond acceptors (Lipinski definition) is 8. The van der Waals surface area contributed by atoms with Gasteiger partial charge >= 0.3 is 0 Å². The molecule has 0 saturated heterocycles. The second-order valence-corrected chi connectivity index (χ2v) is 13.6. The molecule has 152 valence electrons. The third kappa shape index (κ3) is 7.85. The number of nitrogens with zero attached hydrogens (tertiary/aromatic N) is 2. The first kappa shape index (κ1) is 24.6. The summed E-state index contributed by atoms with van der Waals surface area (Å²) in [7, 11) is 0. The predicted molar refractivity (Wildman–Crippen MR) is 136 cm³/mol. The van der Waals surface area contributed by atoms with Crippen molar-refractivity contribution in [3.05, 3.63) is 26.8 Å². The van der Waals surface area contributed by atoms with Gasteiger partial charge in [0.2, 0.25) is 0 Å². The summed E-state index contributed by atoms with van der Waals surface area (Å²) in [5, 5.41) is 18.5. The van der Waals surface area contributed by atoms with Crippen molar-refractivity contribution in [2.75, 3.05) is 11.5 Å². The fourth-order valence-electron chi connectivity index (χ4n) is 2.45. The van der Waals surface area contributed by atoms with Crippen LogP contribution in [0, 0.1) is 22.7 Å². The Morgan fingerprint density at radius 1 is 0.643 bits per heavy atom. The van der Waals surface area contributed by atoms with Crippen LogP contribution < -0.4 is 0 Å². The smallest absolute Gasteiger partial charge is 0.115 e. The summed E-state index contributed by atoms with van der Waals surface area (Å²) in [5.41, 5.74) is 0. The minimum absolute atomic E-state index is 0.547. The van der Waals surface area contributed by atoms with E-state index in [0.717, 1.165) is 4.24 Å². The first-order valence-corrected chi connectivity index (χ1v) is 15.0. The molecular weight excluding hydrogens is 461 g/mol. The van der Waals surface area contributed by atoms with Crippen molar-refractivity contribution >= 4 is 70.6 Å². The molecule has 0 saturated carbocycles. The Balaban J connectivity index is 1.97. The van der Waals surface area contributed by atoms with Crippen LogP contribution in [0.3, 0.4) is 0 Å². The Hall–Kier alpha value is 0.300. The van der Waals surface area contributed by atoms with Crippen molar-refractivity contribution in [1.29, 1.82) is 10.5 Å². The van der Waals surface area contributed by atoms with Gasteiger partial charge in [-0.05, 0) is 24.3 Å². The third-order valence-electron chi connectivity index (χ3n) is 3.97. The molecule has 0 bridgehead atoms. The highest BCUT2D eigenvalue weighted by Crippen LogP contribution is 2.63. The predicted octanol–water partition coefficient (Wildman–Crippen LogP) is 9.09. The van der Waals surface area contributed by atoms with E-state index in [1.54, 1.807) is 0 Å². The molecule has 2 aliphatic heterocycles. The molecule has 0 amide bonds. The highest BCUT2D eigenvalue weighted by molar-refractivity contribution is 8.42. The Bertz CT molecular complexity index is 655. The van der Waals surface area contributed by atoms with Gasteiger partial charge in [0, 0.05) is 0 Å². The van der Waals surface area contributed by atoms with E-state index < -0.39 is 0 Å². The molecule has 0 aromatic heterocycles. The second kappa shape index (κ2) is 14.3. The molecule has 2 rings (SSSR count). The van der Waals surface area contributed by atoms with Crippen LogP contribution in [0.15, 0.2) is 26.8 Å². The van der Waals surface area contributed by atoms with E-state index in [-0.39, 0.29) is 0 Å². The van der Waals surface area contributed by atoms with Crippen LogP contribution in [-0.4, -0.2) is 11.5 Å². The van der Waals surface area contributed by atoms with Crippen LogP contribution in [0.5, 0.6) is 0 Å². The van der Waals surface area contributed by atoms with E-state index in [2.05, 4.69) is 26.0 Å². The Morgan fingerprint density at radius 2 is 1.07 bits per heavy atom. The summed E-state index contributed by atoms with van der Waals surface area (Å²) >= 11 is 10.6. The number of nitriles is 2. The highest BCUT2D eigenvalue weighted by atomic mass is 32.3. The van der Waals surface area contributed by atoms with E-state index in [9.17, 15) is 10.5 Å². The van der Waals surface area contributed by atoms with Crippen LogP contribution in [0.1, 0.15) is 65.2 Å². The lowest BCUT2D eigenvalue weighted by Gasteiger charge is -2.05. The largest absolute Gasteiger partial charge is 0.192 e. The van der Waals surface area contributed by atoms with Gasteiger partial charge in [0.15, 0.2) is 0 Å². The SMILES string of the molecule is CCCCCCSC1=C(SCCCCCC)SC(=C2SC(C#N)=C(C#N)S2)S1. The highest BCUT2D eigenvalue weighted by Gasteiger charge is 2.30. The summed E-state index contributed by atoms with van der Waals surface area (Å²) in [4.78, 5) is 1.09. The fourth-order valence-corrected chi connectivity index (χ4v) is 10.9. The fraction of sp³-hybridized carbons (Fsp3) is 0.600. The van der Waals surface area contributed by atoms with Crippen molar-refractivity contribution in [3.8, 4) is 12.1 Å². The maximum absolute atomic E-state index is 9.26. The molecule has 0 unspecified atom stereocenters. The maximum atomic E-state index is 9.26. The summed E-state index contributed by atoms with van der Waals surface area (Å²) < 4.78 is 5.21. The maximum Gasteiger partial charge on any atom is 0.115 e. The summed E-state index contributed by atoms with van der Waals surface area (Å²) in [6.45, 7) is 4.50. The van der Waals surface area contributed by atoms with E-state index in [1.807, 2.05) is 47.0 Å². The van der Waals surface area contributed by atoms with Gasteiger partial charge in [-0.25, -0.2) is 0 Å². The summed E-state index contributed by atoms with van der Waals surface area (Å²) in [6.07, 6.45) is 10.4. The Labute approximate surface area is 195 Å². The zero-order chi connectivity index (χ0) is 20.2. The van der Waals surface area contributed by atoms with Gasteiger partial charge in [0.05, 0.1) is 16.9 Å². The number of thioether (sulfide) groups is 6. The minimum Gasteiger partial charge on any atom is -0.192 e. The van der Waals surface area contributed by atoms with E-state index >= 15 is 0 Å². The number of rotatable bonds is 12. The molecule has 8 heteroatoms. The molecule has 28 heavy (non-hydrogen) atoms. The molecule has 2 nitrogen and oxygen atoms in total. The minimum atomic E-state index is 0.547. The van der Waals surface area contributed by atoms with Crippen LogP contribution >= 0.6 is 70.6 Å². The van der Waals surface area contributed by atoms with Crippen LogP contribution in [-0.2, 0) is 0 Å². The average Bonchev–Trinajstić information content (AvgIpc) is 3.31. The third-order valence-corrected chi connectivity index (χ3v) is 12.6. The molecule has 2 heterocycles. The van der Waals surface area contributed by atoms with Crippen LogP contribution in [0.2, 0.25) is 0 Å². The standard InChI is InChI=1S/C20H26N2S6/c1-3-5-7-9-11-23-17-18(24-12-10-8-6-4-2)28-20(27-17)19-25-15(13-21)16(14-22)26-19/h3-12H2,1-2H3. The first-order valence-electron chi connectivity index (χ1n) is 9.73. The van der Waals surface area contributed by atoms with Gasteiger partial charge in [-0.1, -0.05) is 99.4 Å². The average molecular weight is 487 g/mol. The molecule has 0 radical (unpaired) electrons. The van der Waals surface area contributed by atoms with Gasteiger partial charge in [0.1, 0.15) is 21.9 Å². The van der Waals surface area contributed by atoms with Crippen molar-refractivity contribution in [2.24, 2.45) is 0 Å². The van der Waals surface area contributed by atoms with Crippen LogP contribution in [0.4, 0.5) is 0 Å². The number of allylic oxidation sites excluding steroid dienone is 2. The van der Waals surface area contributed by atoms with Crippen molar-refractivity contribution in [1.82, 2.24) is 0 Å². The van der Waals surface area contributed by atoms with E-state index in [4.69, 9.17) is 0 Å². The lowest BCUT2D eigenvalue weighted by molar-refractivity contribution is 0.707. The zero-order valence-electron chi connectivity index (χ0n) is 16.4. The molecule has 0 atom stereocenters. The Morgan fingerprint density at radius 3 is 1.46 bits per heavy atom. The summed E-state index contributed by atoms with van der Waals surface area (Å²) in [5.74, 6) is 2.35. The summed E-state index contributed by atoms with van der Waals surface area (Å²) in [6, 6.07) is 4.34. The zero-order valence-corrected chi connectivity index (χ0v) is 21.3. The number of unbranched alkanes of at least 4 members (excludes halogenated alkanes) is 6. The van der Waals surface area contributed by atoms with Gasteiger partial charge in [-0.3, -0.25) is 0 Å². The van der Waals surface area contributed by atoms with Gasteiger partial charge in [-0.2, -0.15) is 10.5 Å². The van der Waals surface area contributed by atoms with Gasteiger partial charge < -0.3 is 0 Å². The van der Waals surface area contributed by atoms with E-state index in [0.29, 0.717) is 9.81 Å². The quantitative estimate of drug-likeness (QED) is 0.253.